The van der Waals surface area contributed by atoms with Crippen LogP contribution in [0.5, 0.6) is 5.75 Å². The number of hydrogen-bond acceptors (Lipinski definition) is 6. The van der Waals surface area contributed by atoms with Gasteiger partial charge in [0, 0.05) is 38.9 Å². The Labute approximate surface area is 205 Å². The van der Waals surface area contributed by atoms with Crippen LogP contribution in [0.1, 0.15) is 29.8 Å². The van der Waals surface area contributed by atoms with Crippen LogP contribution in [0, 0.1) is 17.2 Å². The third-order valence-corrected chi connectivity index (χ3v) is 6.68. The minimum absolute atomic E-state index is 0.144. The van der Waals surface area contributed by atoms with E-state index in [9.17, 15) is 18.4 Å². The molecule has 0 atom stereocenters. The molecule has 7 nitrogen and oxygen atoms in total. The summed E-state index contributed by atoms with van der Waals surface area (Å²) < 4.78 is 45.5. The molecule has 0 N–H and O–H groups in total. The summed E-state index contributed by atoms with van der Waals surface area (Å²) in [5, 5.41) is 17.9. The Kier molecular flexibility index (Phi) is 6.47. The summed E-state index contributed by atoms with van der Waals surface area (Å²) in [6, 6.07) is 9.69. The second-order valence-corrected chi connectivity index (χ2v) is 9.48. The Morgan fingerprint density at radius 3 is 2.54 bits per heavy atom. The number of benzene rings is 1. The van der Waals surface area contributed by atoms with Gasteiger partial charge in [-0.15, -0.1) is 10.2 Å². The molecular formula is C24H24ClF3N6O. The number of nitrogens with zero attached hydrogens (tertiary/aromatic N) is 6. The molecule has 1 aliphatic carbocycles. The molecule has 1 saturated heterocycles. The van der Waals surface area contributed by atoms with Crippen LogP contribution in [0.4, 0.5) is 18.9 Å². The lowest BCUT2D eigenvalue weighted by atomic mass is 10.1. The van der Waals surface area contributed by atoms with E-state index in [1.807, 2.05) is 18.2 Å². The van der Waals surface area contributed by atoms with Crippen molar-refractivity contribution in [3.63, 3.8) is 0 Å². The molecule has 1 aliphatic heterocycles. The van der Waals surface area contributed by atoms with E-state index >= 15 is 0 Å². The standard InChI is InChI=1S/C24H24ClF3N6O/c25-19-11-17(3-4-21(19)35-15-16-1-2-16)14-32-7-9-33(10-8-32)20-5-6-34-22(12-24(26,27)28)30-31-23(34)18(20)13-29/h3-6,11,16H,1-2,7-10,12,14-15H2. The molecule has 1 aromatic carbocycles. The van der Waals surface area contributed by atoms with Crippen molar-refractivity contribution in [3.05, 3.63) is 52.4 Å². The lowest BCUT2D eigenvalue weighted by Crippen LogP contribution is -2.46. The van der Waals surface area contributed by atoms with Crippen molar-refractivity contribution in [2.24, 2.45) is 5.92 Å². The first kappa shape index (κ1) is 23.7. The molecule has 11 heteroatoms. The number of fused-ring (bicyclic) bond motifs is 1. The molecule has 0 radical (unpaired) electrons. The Balaban J connectivity index is 1.23. The number of ether oxygens (including phenoxy) is 1. The van der Waals surface area contributed by atoms with Crippen molar-refractivity contribution in [1.29, 1.82) is 5.26 Å². The van der Waals surface area contributed by atoms with Crippen molar-refractivity contribution in [2.75, 3.05) is 37.7 Å². The van der Waals surface area contributed by atoms with E-state index in [1.165, 1.54) is 23.4 Å². The number of nitriles is 1. The molecule has 2 aliphatic rings. The zero-order valence-corrected chi connectivity index (χ0v) is 19.7. The van der Waals surface area contributed by atoms with Crippen molar-refractivity contribution >= 4 is 22.9 Å². The molecule has 1 saturated carbocycles. The summed E-state index contributed by atoms with van der Waals surface area (Å²) in [7, 11) is 0. The average molecular weight is 505 g/mol. The fourth-order valence-corrected chi connectivity index (χ4v) is 4.58. The highest BCUT2D eigenvalue weighted by Gasteiger charge is 2.31. The lowest BCUT2D eigenvalue weighted by Gasteiger charge is -2.36. The van der Waals surface area contributed by atoms with E-state index in [0.717, 1.165) is 37.6 Å². The van der Waals surface area contributed by atoms with Gasteiger partial charge in [-0.05, 0) is 42.5 Å². The molecule has 0 spiro atoms. The van der Waals surface area contributed by atoms with Crippen LogP contribution >= 0.6 is 11.6 Å². The summed E-state index contributed by atoms with van der Waals surface area (Å²) >= 11 is 6.41. The molecule has 0 unspecified atom stereocenters. The fraction of sp³-hybridized carbons (Fsp3) is 0.458. The first-order valence-electron chi connectivity index (χ1n) is 11.5. The number of halogens is 4. The van der Waals surface area contributed by atoms with E-state index in [0.29, 0.717) is 29.7 Å². The van der Waals surface area contributed by atoms with Crippen LogP contribution in [-0.4, -0.2) is 58.5 Å². The van der Waals surface area contributed by atoms with Crippen molar-refractivity contribution in [3.8, 4) is 11.8 Å². The van der Waals surface area contributed by atoms with Gasteiger partial charge in [-0.1, -0.05) is 17.7 Å². The average Bonchev–Trinajstić information content (AvgIpc) is 3.57. The lowest BCUT2D eigenvalue weighted by molar-refractivity contribution is -0.128. The van der Waals surface area contributed by atoms with Crippen LogP contribution < -0.4 is 9.64 Å². The van der Waals surface area contributed by atoms with Crippen LogP contribution in [0.3, 0.4) is 0 Å². The normalized spacial score (nSPS) is 17.1. The van der Waals surface area contributed by atoms with Crippen LogP contribution in [0.15, 0.2) is 30.5 Å². The van der Waals surface area contributed by atoms with Crippen molar-refractivity contribution < 1.29 is 17.9 Å². The van der Waals surface area contributed by atoms with Gasteiger partial charge in [-0.2, -0.15) is 18.4 Å². The Morgan fingerprint density at radius 2 is 1.89 bits per heavy atom. The predicted octanol–water partition coefficient (Wildman–Crippen LogP) is 4.47. The number of piperazine rings is 1. The molecular weight excluding hydrogens is 481 g/mol. The van der Waals surface area contributed by atoms with Gasteiger partial charge in [0.25, 0.3) is 0 Å². The second kappa shape index (κ2) is 9.55. The smallest absolute Gasteiger partial charge is 0.396 e. The zero-order valence-electron chi connectivity index (χ0n) is 18.9. The molecule has 3 aromatic rings. The van der Waals surface area contributed by atoms with Crippen LogP contribution in [0.2, 0.25) is 5.02 Å². The molecule has 3 heterocycles. The van der Waals surface area contributed by atoms with E-state index in [-0.39, 0.29) is 17.0 Å². The Hall–Kier alpha value is -3.03. The molecule has 0 amide bonds. The highest BCUT2D eigenvalue weighted by molar-refractivity contribution is 6.32. The van der Waals surface area contributed by atoms with E-state index in [4.69, 9.17) is 16.3 Å². The van der Waals surface area contributed by atoms with Gasteiger partial charge >= 0.3 is 6.18 Å². The SMILES string of the molecule is N#Cc1c(N2CCN(Cc3ccc(OCC4CC4)c(Cl)c3)CC2)ccn2c(CC(F)(F)F)nnc12. The predicted molar refractivity (Wildman–Crippen MR) is 125 cm³/mol. The fourth-order valence-electron chi connectivity index (χ4n) is 4.32. The zero-order chi connectivity index (χ0) is 24.6. The van der Waals surface area contributed by atoms with Gasteiger partial charge in [-0.25, -0.2) is 0 Å². The van der Waals surface area contributed by atoms with Gasteiger partial charge in [0.1, 0.15) is 29.6 Å². The summed E-state index contributed by atoms with van der Waals surface area (Å²) in [6.07, 6.45) is -1.64. The van der Waals surface area contributed by atoms with Gasteiger partial charge < -0.3 is 9.64 Å². The molecule has 0 bridgehead atoms. The number of alkyl halides is 3. The minimum Gasteiger partial charge on any atom is -0.492 e. The quantitative estimate of drug-likeness (QED) is 0.473. The number of aromatic nitrogens is 3. The van der Waals surface area contributed by atoms with Gasteiger partial charge in [-0.3, -0.25) is 9.30 Å². The first-order valence-corrected chi connectivity index (χ1v) is 11.9. The van der Waals surface area contributed by atoms with E-state index in [2.05, 4.69) is 26.1 Å². The molecule has 184 valence electrons. The minimum atomic E-state index is -4.40. The number of rotatable bonds is 7. The number of anilines is 1. The third-order valence-electron chi connectivity index (χ3n) is 6.38. The molecule has 35 heavy (non-hydrogen) atoms. The third kappa shape index (κ3) is 5.46. The molecule has 2 fully saturated rings. The first-order chi connectivity index (χ1) is 16.8. The van der Waals surface area contributed by atoms with Gasteiger partial charge in [0.05, 0.1) is 17.3 Å². The highest BCUT2D eigenvalue weighted by Crippen LogP contribution is 2.32. The van der Waals surface area contributed by atoms with E-state index in [1.54, 1.807) is 6.07 Å². The Morgan fingerprint density at radius 1 is 1.11 bits per heavy atom. The van der Waals surface area contributed by atoms with Crippen LogP contribution in [0.25, 0.3) is 5.65 Å². The Bertz CT molecular complexity index is 1260. The summed E-state index contributed by atoms with van der Waals surface area (Å²) in [5.41, 5.74) is 2.13. The van der Waals surface area contributed by atoms with Crippen molar-refractivity contribution in [1.82, 2.24) is 19.5 Å². The maximum Gasteiger partial charge on any atom is 0.396 e. The highest BCUT2D eigenvalue weighted by atomic mass is 35.5. The van der Waals surface area contributed by atoms with Gasteiger partial charge in [0.15, 0.2) is 5.65 Å². The van der Waals surface area contributed by atoms with E-state index < -0.39 is 12.6 Å². The number of hydrogen-bond donors (Lipinski definition) is 0. The molecule has 5 rings (SSSR count). The second-order valence-electron chi connectivity index (χ2n) is 9.07. The maximum absolute atomic E-state index is 12.8. The summed E-state index contributed by atoms with van der Waals surface area (Å²) in [5.74, 6) is 1.15. The van der Waals surface area contributed by atoms with Gasteiger partial charge in [0.2, 0.25) is 0 Å². The summed E-state index contributed by atoms with van der Waals surface area (Å²) in [6.45, 7) is 4.33. The number of pyridine rings is 1. The molecule has 2 aromatic heterocycles. The maximum atomic E-state index is 12.8. The monoisotopic (exact) mass is 504 g/mol. The largest absolute Gasteiger partial charge is 0.492 e. The summed E-state index contributed by atoms with van der Waals surface area (Å²) in [4.78, 5) is 4.37. The van der Waals surface area contributed by atoms with Crippen LogP contribution in [-0.2, 0) is 13.0 Å². The topological polar surface area (TPSA) is 69.7 Å². The van der Waals surface area contributed by atoms with Crippen molar-refractivity contribution in [2.45, 2.75) is 32.0 Å².